The molecule has 0 aliphatic heterocycles. The molecular formula is C17H23NO. The third-order valence-corrected chi connectivity index (χ3v) is 3.68. The first-order valence-corrected chi connectivity index (χ1v) is 7.03. The molecule has 0 spiro atoms. The second-order valence-electron chi connectivity index (χ2n) is 5.13. The van der Waals surface area contributed by atoms with Gasteiger partial charge in [-0.15, -0.1) is 0 Å². The van der Waals surface area contributed by atoms with Crippen LogP contribution in [-0.4, -0.2) is 6.54 Å². The summed E-state index contributed by atoms with van der Waals surface area (Å²) in [6, 6.07) is 8.96. The lowest BCUT2D eigenvalue weighted by atomic mass is 9.94. The van der Waals surface area contributed by atoms with Crippen molar-refractivity contribution in [2.45, 2.75) is 39.7 Å². The van der Waals surface area contributed by atoms with Crippen molar-refractivity contribution < 1.29 is 4.42 Å². The minimum Gasteiger partial charge on any atom is -0.472 e. The van der Waals surface area contributed by atoms with Crippen LogP contribution in [0.1, 0.15) is 41.6 Å². The average molecular weight is 257 g/mol. The summed E-state index contributed by atoms with van der Waals surface area (Å²) in [6.07, 6.45) is 5.70. The van der Waals surface area contributed by atoms with E-state index in [1.54, 1.807) is 6.26 Å². The highest BCUT2D eigenvalue weighted by atomic mass is 16.3. The maximum absolute atomic E-state index is 5.18. The zero-order valence-electron chi connectivity index (χ0n) is 12.1. The van der Waals surface area contributed by atoms with Crippen molar-refractivity contribution >= 4 is 0 Å². The molecule has 0 saturated heterocycles. The van der Waals surface area contributed by atoms with Gasteiger partial charge in [0.05, 0.1) is 12.5 Å². The highest BCUT2D eigenvalue weighted by Crippen LogP contribution is 2.24. The molecule has 1 unspecified atom stereocenters. The van der Waals surface area contributed by atoms with Gasteiger partial charge in [-0.3, -0.25) is 0 Å². The summed E-state index contributed by atoms with van der Waals surface area (Å²) in [6.45, 7) is 7.62. The van der Waals surface area contributed by atoms with E-state index < -0.39 is 0 Å². The Morgan fingerprint density at radius 1 is 1.21 bits per heavy atom. The summed E-state index contributed by atoms with van der Waals surface area (Å²) in [4.78, 5) is 0. The molecule has 19 heavy (non-hydrogen) atoms. The van der Waals surface area contributed by atoms with E-state index in [0.29, 0.717) is 6.04 Å². The van der Waals surface area contributed by atoms with E-state index in [9.17, 15) is 0 Å². The smallest absolute Gasteiger partial charge is 0.0935 e. The summed E-state index contributed by atoms with van der Waals surface area (Å²) in [5, 5.41) is 3.65. The zero-order valence-corrected chi connectivity index (χ0v) is 12.1. The fourth-order valence-electron chi connectivity index (χ4n) is 2.41. The third kappa shape index (κ3) is 3.48. The van der Waals surface area contributed by atoms with Gasteiger partial charge in [-0.2, -0.15) is 0 Å². The first-order chi connectivity index (χ1) is 9.22. The number of aryl methyl sites for hydroxylation is 1. The Labute approximate surface area is 115 Å². The van der Waals surface area contributed by atoms with Gasteiger partial charge in [0.25, 0.3) is 0 Å². The average Bonchev–Trinajstić information content (AvgIpc) is 2.91. The van der Waals surface area contributed by atoms with Crippen LogP contribution in [0.25, 0.3) is 0 Å². The van der Waals surface area contributed by atoms with Crippen molar-refractivity contribution in [3.8, 4) is 0 Å². The van der Waals surface area contributed by atoms with Crippen LogP contribution < -0.4 is 5.32 Å². The standard InChI is InChI=1S/C17H23NO/c1-4-9-18-17(11-15-8-10-19-12-15)16-7-5-6-13(2)14(16)3/h5-8,10,12,17-18H,4,9,11H2,1-3H3. The lowest BCUT2D eigenvalue weighted by Crippen LogP contribution is -2.24. The van der Waals surface area contributed by atoms with Crippen LogP contribution in [0.2, 0.25) is 0 Å². The molecule has 0 fully saturated rings. The van der Waals surface area contributed by atoms with E-state index in [-0.39, 0.29) is 0 Å². The van der Waals surface area contributed by atoms with Crippen LogP contribution in [-0.2, 0) is 6.42 Å². The Kier molecular flexibility index (Phi) is 4.80. The Morgan fingerprint density at radius 3 is 2.74 bits per heavy atom. The quantitative estimate of drug-likeness (QED) is 0.839. The van der Waals surface area contributed by atoms with Crippen molar-refractivity contribution in [1.29, 1.82) is 0 Å². The topological polar surface area (TPSA) is 25.2 Å². The Balaban J connectivity index is 2.23. The predicted octanol–water partition coefficient (Wildman–Crippen LogP) is 4.18. The molecule has 0 radical (unpaired) electrons. The monoisotopic (exact) mass is 257 g/mol. The molecule has 1 atom stereocenters. The summed E-state index contributed by atoms with van der Waals surface area (Å²) < 4.78 is 5.18. The van der Waals surface area contributed by atoms with Crippen LogP contribution >= 0.6 is 0 Å². The lowest BCUT2D eigenvalue weighted by Gasteiger charge is -2.21. The number of hydrogen-bond acceptors (Lipinski definition) is 2. The van der Waals surface area contributed by atoms with Gasteiger partial charge in [0.1, 0.15) is 0 Å². The molecule has 1 aromatic carbocycles. The minimum absolute atomic E-state index is 0.359. The van der Waals surface area contributed by atoms with E-state index >= 15 is 0 Å². The molecule has 102 valence electrons. The molecule has 0 aliphatic rings. The normalized spacial score (nSPS) is 12.6. The molecule has 2 heteroatoms. The molecule has 1 heterocycles. The zero-order chi connectivity index (χ0) is 13.7. The number of nitrogens with one attached hydrogen (secondary N) is 1. The van der Waals surface area contributed by atoms with E-state index in [0.717, 1.165) is 19.4 Å². The summed E-state index contributed by atoms with van der Waals surface area (Å²) in [5.74, 6) is 0. The molecule has 0 saturated carbocycles. The van der Waals surface area contributed by atoms with Crippen molar-refractivity contribution in [2.24, 2.45) is 0 Å². The molecule has 1 aromatic heterocycles. The number of benzene rings is 1. The van der Waals surface area contributed by atoms with Crippen LogP contribution in [0, 0.1) is 13.8 Å². The van der Waals surface area contributed by atoms with Gasteiger partial charge in [0.15, 0.2) is 0 Å². The van der Waals surface area contributed by atoms with Crippen molar-refractivity contribution in [1.82, 2.24) is 5.32 Å². The molecule has 2 nitrogen and oxygen atoms in total. The van der Waals surface area contributed by atoms with Gasteiger partial charge >= 0.3 is 0 Å². The van der Waals surface area contributed by atoms with Crippen molar-refractivity contribution in [3.05, 3.63) is 59.0 Å². The molecule has 2 rings (SSSR count). The van der Waals surface area contributed by atoms with Crippen LogP contribution in [0.5, 0.6) is 0 Å². The SMILES string of the molecule is CCCNC(Cc1ccoc1)c1cccc(C)c1C. The van der Waals surface area contributed by atoms with E-state index in [1.807, 2.05) is 12.3 Å². The summed E-state index contributed by atoms with van der Waals surface area (Å²) >= 11 is 0. The number of hydrogen-bond donors (Lipinski definition) is 1. The Morgan fingerprint density at radius 2 is 2.05 bits per heavy atom. The molecular weight excluding hydrogens is 234 g/mol. The fourth-order valence-corrected chi connectivity index (χ4v) is 2.41. The Bertz CT molecular complexity index is 502. The Hall–Kier alpha value is -1.54. The second kappa shape index (κ2) is 6.58. The highest BCUT2D eigenvalue weighted by molar-refractivity contribution is 5.36. The van der Waals surface area contributed by atoms with Gasteiger partial charge < -0.3 is 9.73 Å². The van der Waals surface area contributed by atoms with E-state index in [2.05, 4.69) is 44.3 Å². The fraction of sp³-hybridized carbons (Fsp3) is 0.412. The minimum atomic E-state index is 0.359. The molecule has 2 aromatic rings. The molecule has 1 N–H and O–H groups in total. The van der Waals surface area contributed by atoms with Crippen LogP contribution in [0.15, 0.2) is 41.2 Å². The molecule has 0 aliphatic carbocycles. The van der Waals surface area contributed by atoms with Gasteiger partial charge in [0, 0.05) is 6.04 Å². The second-order valence-corrected chi connectivity index (χ2v) is 5.13. The largest absolute Gasteiger partial charge is 0.472 e. The number of rotatable bonds is 6. The third-order valence-electron chi connectivity index (χ3n) is 3.68. The maximum atomic E-state index is 5.18. The van der Waals surface area contributed by atoms with E-state index in [1.165, 1.54) is 22.3 Å². The van der Waals surface area contributed by atoms with Gasteiger partial charge in [-0.05, 0) is 61.6 Å². The molecule has 0 bridgehead atoms. The van der Waals surface area contributed by atoms with Gasteiger partial charge in [-0.25, -0.2) is 0 Å². The molecule has 0 amide bonds. The highest BCUT2D eigenvalue weighted by Gasteiger charge is 2.15. The summed E-state index contributed by atoms with van der Waals surface area (Å²) in [5.41, 5.74) is 5.39. The van der Waals surface area contributed by atoms with Crippen LogP contribution in [0.4, 0.5) is 0 Å². The lowest BCUT2D eigenvalue weighted by molar-refractivity contribution is 0.518. The van der Waals surface area contributed by atoms with Crippen molar-refractivity contribution in [3.63, 3.8) is 0 Å². The first kappa shape index (κ1) is 13.9. The summed E-state index contributed by atoms with van der Waals surface area (Å²) in [7, 11) is 0. The van der Waals surface area contributed by atoms with Gasteiger partial charge in [-0.1, -0.05) is 25.1 Å². The maximum Gasteiger partial charge on any atom is 0.0935 e. The van der Waals surface area contributed by atoms with E-state index in [4.69, 9.17) is 4.42 Å². The predicted molar refractivity (Wildman–Crippen MR) is 79.4 cm³/mol. The van der Waals surface area contributed by atoms with Crippen molar-refractivity contribution in [2.75, 3.05) is 6.54 Å². The van der Waals surface area contributed by atoms with Crippen LogP contribution in [0.3, 0.4) is 0 Å². The van der Waals surface area contributed by atoms with Gasteiger partial charge in [0.2, 0.25) is 0 Å². The number of furan rings is 1. The first-order valence-electron chi connectivity index (χ1n) is 7.03.